The Labute approximate surface area is 297 Å². The summed E-state index contributed by atoms with van der Waals surface area (Å²) in [5.74, 6) is -2.99. The topological polar surface area (TPSA) is 281 Å². The van der Waals surface area contributed by atoms with Crippen LogP contribution in [0.1, 0.15) is 49.7 Å². The van der Waals surface area contributed by atoms with Crippen LogP contribution >= 0.6 is 0 Å². The van der Waals surface area contributed by atoms with Crippen molar-refractivity contribution in [1.82, 2.24) is 26.2 Å². The summed E-state index contributed by atoms with van der Waals surface area (Å²) >= 11 is 0. The Hall–Kier alpha value is -4.77. The molecule has 2 aliphatic rings. The average molecular weight is 710 g/mol. The molecular weight excluding hydrogens is 658 g/mol. The maximum Gasteiger partial charge on any atom is 0.246 e. The first-order chi connectivity index (χ1) is 24.5. The molecular formula is C35H51N9O7. The number of carbonyl (C=O) groups is 5. The number of nitrogens with one attached hydrogen (secondary N) is 4. The number of carbonyl (C=O) groups excluding carboxylic acids is 5. The average Bonchev–Trinajstić information content (AvgIpc) is 3.61. The minimum absolute atomic E-state index is 0.0248. The lowest BCUT2D eigenvalue weighted by Gasteiger charge is -2.31. The minimum Gasteiger partial charge on any atom is -0.508 e. The fourth-order valence-electron chi connectivity index (χ4n) is 6.43. The van der Waals surface area contributed by atoms with E-state index in [0.29, 0.717) is 54.5 Å². The number of aromatic hydroxyl groups is 2. The SMILES string of the molecule is NCCC[C@H](NC(=O)[C@@H]1CCCN1C(=O)[C@H]1Cc2cc(ccc2O)-c2ccc(O)c(c2)C[C@@H](N)C(=O)N[C@H](CCCN)C(=O)N1)C(=O)NCCN. The molecule has 2 aromatic carbocycles. The summed E-state index contributed by atoms with van der Waals surface area (Å²) in [6.45, 7) is 1.20. The Kier molecular flexibility index (Phi) is 14.1. The first-order valence-electron chi connectivity index (χ1n) is 17.5. The van der Waals surface area contributed by atoms with Gasteiger partial charge in [0.25, 0.3) is 0 Å². The van der Waals surface area contributed by atoms with Crippen molar-refractivity contribution in [1.29, 1.82) is 0 Å². The summed E-state index contributed by atoms with van der Waals surface area (Å²) in [4.78, 5) is 69.3. The molecule has 5 amide bonds. The predicted molar refractivity (Wildman–Crippen MR) is 190 cm³/mol. The van der Waals surface area contributed by atoms with Crippen molar-refractivity contribution >= 4 is 29.5 Å². The smallest absolute Gasteiger partial charge is 0.246 e. The number of likely N-dealkylation sites (tertiary alicyclic amines) is 1. The molecule has 1 saturated heterocycles. The largest absolute Gasteiger partial charge is 0.508 e. The second-order valence-electron chi connectivity index (χ2n) is 13.0. The van der Waals surface area contributed by atoms with Crippen molar-refractivity contribution in [3.63, 3.8) is 0 Å². The molecule has 5 atom stereocenters. The first-order valence-corrected chi connectivity index (χ1v) is 17.5. The molecule has 16 nitrogen and oxygen atoms in total. The molecule has 0 saturated carbocycles. The van der Waals surface area contributed by atoms with E-state index in [0.717, 1.165) is 0 Å². The van der Waals surface area contributed by atoms with Crippen molar-refractivity contribution in [2.24, 2.45) is 22.9 Å². The van der Waals surface area contributed by atoms with Crippen LogP contribution in [0, 0.1) is 0 Å². The van der Waals surface area contributed by atoms with Crippen molar-refractivity contribution < 1.29 is 34.2 Å². The van der Waals surface area contributed by atoms with Gasteiger partial charge in [-0.1, -0.05) is 12.1 Å². The third kappa shape index (κ3) is 10.2. The van der Waals surface area contributed by atoms with Crippen LogP contribution in [0.5, 0.6) is 11.5 Å². The zero-order valence-electron chi connectivity index (χ0n) is 28.7. The van der Waals surface area contributed by atoms with Gasteiger partial charge < -0.3 is 59.3 Å². The molecule has 4 rings (SSSR count). The van der Waals surface area contributed by atoms with Crippen LogP contribution in [-0.4, -0.2) is 108 Å². The number of nitrogens with zero attached hydrogens (tertiary/aromatic N) is 1. The predicted octanol–water partition coefficient (Wildman–Crippen LogP) is -1.81. The zero-order valence-corrected chi connectivity index (χ0v) is 28.7. The van der Waals surface area contributed by atoms with Crippen LogP contribution in [0.25, 0.3) is 11.1 Å². The maximum atomic E-state index is 14.4. The van der Waals surface area contributed by atoms with Crippen LogP contribution in [0.4, 0.5) is 0 Å². The molecule has 2 aliphatic heterocycles. The third-order valence-electron chi connectivity index (χ3n) is 9.25. The number of rotatable bonds is 12. The molecule has 16 heteroatoms. The van der Waals surface area contributed by atoms with Crippen molar-refractivity contribution in [2.75, 3.05) is 32.7 Å². The summed E-state index contributed by atoms with van der Waals surface area (Å²) in [5.41, 5.74) is 25.2. The molecule has 0 aliphatic carbocycles. The summed E-state index contributed by atoms with van der Waals surface area (Å²) < 4.78 is 0. The molecule has 0 unspecified atom stereocenters. The molecule has 278 valence electrons. The second-order valence-corrected chi connectivity index (χ2v) is 13.0. The Bertz CT molecular complexity index is 1570. The van der Waals surface area contributed by atoms with Gasteiger partial charge in [0, 0.05) is 32.5 Å². The van der Waals surface area contributed by atoms with Crippen LogP contribution in [-0.2, 0) is 36.8 Å². The molecule has 14 N–H and O–H groups in total. The van der Waals surface area contributed by atoms with E-state index >= 15 is 0 Å². The highest BCUT2D eigenvalue weighted by Crippen LogP contribution is 2.31. The van der Waals surface area contributed by atoms with E-state index in [1.165, 1.54) is 17.0 Å². The van der Waals surface area contributed by atoms with Gasteiger partial charge in [0.05, 0.1) is 6.04 Å². The maximum absolute atomic E-state index is 14.4. The monoisotopic (exact) mass is 709 g/mol. The van der Waals surface area contributed by atoms with Gasteiger partial charge >= 0.3 is 0 Å². The summed E-state index contributed by atoms with van der Waals surface area (Å²) in [7, 11) is 0. The fraction of sp³-hybridized carbons (Fsp3) is 0.514. The van der Waals surface area contributed by atoms with E-state index in [2.05, 4.69) is 21.3 Å². The molecule has 1 fully saturated rings. The number of hydrogen-bond acceptors (Lipinski definition) is 11. The molecule has 0 spiro atoms. The van der Waals surface area contributed by atoms with Gasteiger partial charge in [0.15, 0.2) is 0 Å². The molecule has 2 heterocycles. The molecule has 4 bridgehead atoms. The van der Waals surface area contributed by atoms with E-state index in [1.54, 1.807) is 24.3 Å². The lowest BCUT2D eigenvalue weighted by Crippen LogP contribution is -2.59. The standard InChI is InChI=1S/C35H51N9O7/c36-11-1-4-25(32(48)40-14-13-38)42-34(50)28-6-3-15-44(28)35(51)27-19-23-17-21(8-10-30(23)46)20-7-9-29(45)22(16-20)18-24(39)31(47)41-26(5-2-12-37)33(49)43-27/h7-10,16-17,24-28,45-46H,1-6,11-15,18-19,36-39H2,(H,40,48)(H,41,47)(H,42,50)(H,43,49)/t24-,25+,26-,27-,28+/m1/s1. The number of amides is 5. The van der Waals surface area contributed by atoms with Crippen LogP contribution in [0.2, 0.25) is 0 Å². The van der Waals surface area contributed by atoms with Gasteiger partial charge in [-0.2, -0.15) is 0 Å². The normalized spacial score (nSPS) is 21.5. The molecule has 51 heavy (non-hydrogen) atoms. The number of benzene rings is 2. The highest BCUT2D eigenvalue weighted by atomic mass is 16.3. The molecule has 0 radical (unpaired) electrons. The van der Waals surface area contributed by atoms with Crippen LogP contribution < -0.4 is 44.2 Å². The lowest BCUT2D eigenvalue weighted by atomic mass is 9.95. The van der Waals surface area contributed by atoms with Gasteiger partial charge in [0.1, 0.15) is 35.7 Å². The molecule has 0 aromatic heterocycles. The Balaban J connectivity index is 1.69. The first kappa shape index (κ1) is 39.0. The lowest BCUT2D eigenvalue weighted by molar-refractivity contribution is -0.142. The van der Waals surface area contributed by atoms with Crippen molar-refractivity contribution in [3.8, 4) is 22.6 Å². The highest BCUT2D eigenvalue weighted by molar-refractivity contribution is 5.96. The van der Waals surface area contributed by atoms with Crippen molar-refractivity contribution in [2.45, 2.75) is 81.6 Å². The van der Waals surface area contributed by atoms with E-state index in [1.807, 2.05) is 0 Å². The fourth-order valence-corrected chi connectivity index (χ4v) is 6.43. The van der Waals surface area contributed by atoms with Gasteiger partial charge in [-0.3, -0.25) is 24.0 Å². The summed E-state index contributed by atoms with van der Waals surface area (Å²) in [6.07, 6.45) is 1.92. The third-order valence-corrected chi connectivity index (χ3v) is 9.25. The number of fused-ring (bicyclic) bond motifs is 5. The van der Waals surface area contributed by atoms with E-state index < -0.39 is 59.7 Å². The Morgan fingerprint density at radius 3 is 2.16 bits per heavy atom. The van der Waals surface area contributed by atoms with Crippen LogP contribution in [0.3, 0.4) is 0 Å². The van der Waals surface area contributed by atoms with Gasteiger partial charge in [-0.25, -0.2) is 0 Å². The number of nitrogens with two attached hydrogens (primary N) is 4. The second kappa shape index (κ2) is 18.5. The number of phenolic OH excluding ortho intramolecular Hbond substituents is 2. The Morgan fingerprint density at radius 2 is 1.53 bits per heavy atom. The van der Waals surface area contributed by atoms with Gasteiger partial charge in [-0.05, 0) is 98.1 Å². The van der Waals surface area contributed by atoms with E-state index in [9.17, 15) is 34.2 Å². The van der Waals surface area contributed by atoms with Gasteiger partial charge in [-0.15, -0.1) is 0 Å². The minimum atomic E-state index is -1.26. The highest BCUT2D eigenvalue weighted by Gasteiger charge is 2.40. The summed E-state index contributed by atoms with van der Waals surface area (Å²) in [5, 5.41) is 32.4. The molecule has 2 aromatic rings. The van der Waals surface area contributed by atoms with Gasteiger partial charge in [0.2, 0.25) is 29.5 Å². The number of phenols is 2. The zero-order chi connectivity index (χ0) is 37.1. The van der Waals surface area contributed by atoms with Crippen molar-refractivity contribution in [3.05, 3.63) is 47.5 Å². The van der Waals surface area contributed by atoms with E-state index in [4.69, 9.17) is 22.9 Å². The quantitative estimate of drug-likeness (QED) is 0.117. The summed E-state index contributed by atoms with van der Waals surface area (Å²) in [6, 6.07) is 4.37. The van der Waals surface area contributed by atoms with E-state index in [-0.39, 0.29) is 63.4 Å². The van der Waals surface area contributed by atoms with Crippen LogP contribution in [0.15, 0.2) is 36.4 Å². The Morgan fingerprint density at radius 1 is 0.882 bits per heavy atom. The number of hydrogen-bond donors (Lipinski definition) is 10.